The molecule has 2 aliphatic rings. The molecule has 2 saturated heterocycles. The van der Waals surface area contributed by atoms with Crippen molar-refractivity contribution in [1.82, 2.24) is 15.1 Å². The van der Waals surface area contributed by atoms with Crippen molar-refractivity contribution >= 4 is 11.8 Å². The van der Waals surface area contributed by atoms with Crippen LogP contribution in [0.25, 0.3) is 0 Å². The molecule has 114 valence electrons. The van der Waals surface area contributed by atoms with Crippen molar-refractivity contribution in [2.75, 3.05) is 32.7 Å². The van der Waals surface area contributed by atoms with Crippen LogP contribution in [0.2, 0.25) is 0 Å². The van der Waals surface area contributed by atoms with Gasteiger partial charge < -0.3 is 15.1 Å². The summed E-state index contributed by atoms with van der Waals surface area (Å²) in [6.07, 6.45) is 2.88. The fourth-order valence-corrected chi connectivity index (χ4v) is 2.90. The quantitative estimate of drug-likeness (QED) is 0.816. The first-order valence-electron chi connectivity index (χ1n) is 7.68. The minimum Gasteiger partial charge on any atom is -0.339 e. The summed E-state index contributed by atoms with van der Waals surface area (Å²) in [5, 5.41) is 3.36. The van der Waals surface area contributed by atoms with Crippen LogP contribution in [0.4, 0.5) is 0 Å². The van der Waals surface area contributed by atoms with Crippen LogP contribution in [0.3, 0.4) is 0 Å². The van der Waals surface area contributed by atoms with Gasteiger partial charge in [0.15, 0.2) is 0 Å². The van der Waals surface area contributed by atoms with Gasteiger partial charge in [0, 0.05) is 44.1 Å². The maximum atomic E-state index is 12.2. The fraction of sp³-hybridized carbons (Fsp3) is 0.867. The van der Waals surface area contributed by atoms with Crippen LogP contribution in [0.1, 0.15) is 40.0 Å². The fourth-order valence-electron chi connectivity index (χ4n) is 2.90. The molecule has 20 heavy (non-hydrogen) atoms. The van der Waals surface area contributed by atoms with Gasteiger partial charge in [0.05, 0.1) is 0 Å². The van der Waals surface area contributed by atoms with E-state index in [9.17, 15) is 9.59 Å². The molecule has 0 radical (unpaired) electrons. The van der Waals surface area contributed by atoms with Crippen LogP contribution in [-0.4, -0.2) is 60.4 Å². The number of hydrogen-bond donors (Lipinski definition) is 1. The Morgan fingerprint density at radius 1 is 1.10 bits per heavy atom. The molecular weight excluding hydrogens is 254 g/mol. The van der Waals surface area contributed by atoms with E-state index in [1.807, 2.05) is 30.6 Å². The molecule has 2 amide bonds. The zero-order chi connectivity index (χ0) is 14.8. The van der Waals surface area contributed by atoms with E-state index in [1.54, 1.807) is 0 Å². The summed E-state index contributed by atoms with van der Waals surface area (Å²) in [5.41, 5.74) is -0.333. The van der Waals surface area contributed by atoms with Gasteiger partial charge in [0.25, 0.3) is 0 Å². The first-order valence-corrected chi connectivity index (χ1v) is 7.68. The second-order valence-corrected chi connectivity index (χ2v) is 6.92. The number of hydrogen-bond acceptors (Lipinski definition) is 3. The molecule has 0 saturated carbocycles. The van der Waals surface area contributed by atoms with Crippen LogP contribution >= 0.6 is 0 Å². The third-order valence-electron chi connectivity index (χ3n) is 4.14. The zero-order valence-electron chi connectivity index (χ0n) is 12.9. The summed E-state index contributed by atoms with van der Waals surface area (Å²) in [5.74, 6) is 0.411. The average Bonchev–Trinajstić information content (AvgIpc) is 2.90. The Kier molecular flexibility index (Phi) is 4.68. The average molecular weight is 281 g/mol. The Bertz CT molecular complexity index is 362. The maximum Gasteiger partial charge on any atom is 0.228 e. The summed E-state index contributed by atoms with van der Waals surface area (Å²) in [4.78, 5) is 28.2. The van der Waals surface area contributed by atoms with Crippen LogP contribution in [-0.2, 0) is 9.59 Å². The lowest BCUT2D eigenvalue weighted by Crippen LogP contribution is -2.53. The van der Waals surface area contributed by atoms with E-state index in [1.165, 1.54) is 6.42 Å². The van der Waals surface area contributed by atoms with Gasteiger partial charge in [-0.3, -0.25) is 9.59 Å². The molecule has 2 fully saturated rings. The summed E-state index contributed by atoms with van der Waals surface area (Å²) >= 11 is 0. The minimum atomic E-state index is -0.333. The number of carbonyl (C=O) groups is 2. The van der Waals surface area contributed by atoms with Gasteiger partial charge >= 0.3 is 0 Å². The standard InChI is InChI=1S/C15H27N3O2/c1-15(2,3)14(20)18-9-7-17(8-10-18)13(19)11-12-5-4-6-16-12/h12,16H,4-11H2,1-3H3. The smallest absolute Gasteiger partial charge is 0.228 e. The second kappa shape index (κ2) is 6.12. The van der Waals surface area contributed by atoms with Crippen molar-refractivity contribution < 1.29 is 9.59 Å². The Morgan fingerprint density at radius 3 is 2.20 bits per heavy atom. The second-order valence-electron chi connectivity index (χ2n) is 6.92. The molecule has 1 unspecified atom stereocenters. The van der Waals surface area contributed by atoms with Crippen molar-refractivity contribution in [2.24, 2.45) is 5.41 Å². The third kappa shape index (κ3) is 3.72. The molecule has 1 atom stereocenters. The summed E-state index contributed by atoms with van der Waals surface area (Å²) < 4.78 is 0. The third-order valence-corrected chi connectivity index (χ3v) is 4.14. The predicted octanol–water partition coefficient (Wildman–Crippen LogP) is 0.845. The molecule has 1 N–H and O–H groups in total. The van der Waals surface area contributed by atoms with Gasteiger partial charge in [0.1, 0.15) is 0 Å². The van der Waals surface area contributed by atoms with Crippen LogP contribution in [0, 0.1) is 5.41 Å². The van der Waals surface area contributed by atoms with Gasteiger partial charge in [-0.05, 0) is 19.4 Å². The Balaban J connectivity index is 1.78. The van der Waals surface area contributed by atoms with Crippen molar-refractivity contribution in [3.8, 4) is 0 Å². The van der Waals surface area contributed by atoms with Crippen LogP contribution in [0.15, 0.2) is 0 Å². The highest BCUT2D eigenvalue weighted by atomic mass is 16.2. The number of carbonyl (C=O) groups excluding carboxylic acids is 2. The van der Waals surface area contributed by atoms with E-state index >= 15 is 0 Å². The monoisotopic (exact) mass is 281 g/mol. The molecule has 0 spiro atoms. The van der Waals surface area contributed by atoms with Crippen molar-refractivity contribution in [3.63, 3.8) is 0 Å². The van der Waals surface area contributed by atoms with Crippen LogP contribution in [0.5, 0.6) is 0 Å². The summed E-state index contributed by atoms with van der Waals surface area (Å²) in [6, 6.07) is 0.358. The Labute approximate surface area is 121 Å². The topological polar surface area (TPSA) is 52.7 Å². The zero-order valence-corrected chi connectivity index (χ0v) is 12.9. The molecule has 2 aliphatic heterocycles. The van der Waals surface area contributed by atoms with Gasteiger partial charge in [-0.2, -0.15) is 0 Å². The number of amides is 2. The minimum absolute atomic E-state index is 0.182. The van der Waals surface area contributed by atoms with Gasteiger partial charge in [-0.1, -0.05) is 20.8 Å². The maximum absolute atomic E-state index is 12.2. The van der Waals surface area contributed by atoms with Crippen LogP contribution < -0.4 is 5.32 Å². The first-order chi connectivity index (χ1) is 9.38. The van der Waals surface area contributed by atoms with E-state index in [0.717, 1.165) is 13.0 Å². The van der Waals surface area contributed by atoms with Gasteiger partial charge in [-0.15, -0.1) is 0 Å². The van der Waals surface area contributed by atoms with E-state index in [-0.39, 0.29) is 17.2 Å². The molecular formula is C15H27N3O2. The van der Waals surface area contributed by atoms with E-state index in [2.05, 4.69) is 5.32 Å². The Hall–Kier alpha value is -1.10. The van der Waals surface area contributed by atoms with Gasteiger partial charge in [0.2, 0.25) is 11.8 Å². The van der Waals surface area contributed by atoms with Crippen molar-refractivity contribution in [1.29, 1.82) is 0 Å². The largest absolute Gasteiger partial charge is 0.339 e. The van der Waals surface area contributed by atoms with E-state index in [4.69, 9.17) is 0 Å². The highest BCUT2D eigenvalue weighted by Crippen LogP contribution is 2.19. The lowest BCUT2D eigenvalue weighted by atomic mass is 9.94. The lowest BCUT2D eigenvalue weighted by molar-refractivity contribution is -0.145. The molecule has 0 aromatic heterocycles. The number of piperazine rings is 1. The Morgan fingerprint density at radius 2 is 1.70 bits per heavy atom. The molecule has 2 rings (SSSR count). The first kappa shape index (κ1) is 15.3. The molecule has 5 nitrogen and oxygen atoms in total. The molecule has 0 aliphatic carbocycles. The molecule has 5 heteroatoms. The summed E-state index contributed by atoms with van der Waals surface area (Å²) in [7, 11) is 0. The molecule has 0 aromatic rings. The highest BCUT2D eigenvalue weighted by Gasteiger charge is 2.31. The highest BCUT2D eigenvalue weighted by molar-refractivity contribution is 5.82. The molecule has 2 heterocycles. The lowest BCUT2D eigenvalue weighted by Gasteiger charge is -2.38. The number of rotatable bonds is 2. The molecule has 0 aromatic carbocycles. The van der Waals surface area contributed by atoms with Gasteiger partial charge in [-0.25, -0.2) is 0 Å². The van der Waals surface area contributed by atoms with Crippen molar-refractivity contribution in [3.05, 3.63) is 0 Å². The van der Waals surface area contributed by atoms with E-state index in [0.29, 0.717) is 38.6 Å². The van der Waals surface area contributed by atoms with E-state index < -0.39 is 0 Å². The normalized spacial score (nSPS) is 24.1. The van der Waals surface area contributed by atoms with Crippen molar-refractivity contribution in [2.45, 2.75) is 46.1 Å². The number of nitrogens with zero attached hydrogens (tertiary/aromatic N) is 2. The summed E-state index contributed by atoms with van der Waals surface area (Å²) in [6.45, 7) is 9.54. The number of nitrogens with one attached hydrogen (secondary N) is 1. The predicted molar refractivity (Wildman–Crippen MR) is 78.3 cm³/mol. The molecule has 0 bridgehead atoms. The SMILES string of the molecule is CC(C)(C)C(=O)N1CCN(C(=O)CC2CCCN2)CC1.